The van der Waals surface area contributed by atoms with Gasteiger partial charge in [0.15, 0.2) is 0 Å². The molecule has 0 atom stereocenters. The van der Waals surface area contributed by atoms with Gasteiger partial charge >= 0.3 is 5.97 Å². The second kappa shape index (κ2) is 7.62. The molecule has 0 spiro atoms. The number of carboxylic acids is 1. The highest BCUT2D eigenvalue weighted by Gasteiger charge is 2.25. The van der Waals surface area contributed by atoms with Gasteiger partial charge in [-0.15, -0.1) is 0 Å². The largest absolute Gasteiger partial charge is 0.478 e. The first kappa shape index (κ1) is 18.6. The maximum absolute atomic E-state index is 11.6. The number of aromatic nitrogens is 2. The summed E-state index contributed by atoms with van der Waals surface area (Å²) in [6, 6.07) is 3.71. The molecule has 0 aliphatic carbocycles. The van der Waals surface area contributed by atoms with Gasteiger partial charge in [-0.2, -0.15) is 0 Å². The third kappa shape index (κ3) is 3.68. The highest BCUT2D eigenvalue weighted by Crippen LogP contribution is 2.30. The third-order valence-electron chi connectivity index (χ3n) is 5.32. The van der Waals surface area contributed by atoms with E-state index in [0.717, 1.165) is 55.0 Å². The Balaban J connectivity index is 1.73. The van der Waals surface area contributed by atoms with Crippen molar-refractivity contribution in [2.45, 2.75) is 40.0 Å². The normalized spacial score (nSPS) is 15.3. The Labute approximate surface area is 159 Å². The van der Waals surface area contributed by atoms with Crippen molar-refractivity contribution in [1.82, 2.24) is 9.97 Å². The van der Waals surface area contributed by atoms with E-state index >= 15 is 0 Å². The fourth-order valence-electron chi connectivity index (χ4n) is 3.93. The number of anilines is 1. The van der Waals surface area contributed by atoms with Gasteiger partial charge in [0.2, 0.25) is 0 Å². The van der Waals surface area contributed by atoms with Gasteiger partial charge in [-0.1, -0.05) is 11.6 Å². The first-order valence-corrected chi connectivity index (χ1v) is 9.31. The lowest BCUT2D eigenvalue weighted by Gasteiger charge is -2.33. The van der Waals surface area contributed by atoms with Gasteiger partial charge < -0.3 is 10.0 Å². The predicted molar refractivity (Wildman–Crippen MR) is 103 cm³/mol. The maximum atomic E-state index is 11.6. The topological polar surface area (TPSA) is 66.3 Å². The van der Waals surface area contributed by atoms with Gasteiger partial charge in [0.1, 0.15) is 5.82 Å². The van der Waals surface area contributed by atoms with Crippen LogP contribution in [0.1, 0.15) is 45.7 Å². The predicted octanol–water partition coefficient (Wildman–Crippen LogP) is 4.21. The Morgan fingerprint density at radius 3 is 2.58 bits per heavy atom. The van der Waals surface area contributed by atoms with E-state index in [9.17, 15) is 9.90 Å². The van der Waals surface area contributed by atoms with Crippen LogP contribution in [0.5, 0.6) is 0 Å². The minimum atomic E-state index is -0.895. The monoisotopic (exact) mass is 373 g/mol. The first-order valence-electron chi connectivity index (χ1n) is 8.94. The zero-order valence-corrected chi connectivity index (χ0v) is 16.2. The van der Waals surface area contributed by atoms with E-state index in [1.807, 2.05) is 26.0 Å². The van der Waals surface area contributed by atoms with Crippen LogP contribution in [0.4, 0.5) is 5.82 Å². The summed E-state index contributed by atoms with van der Waals surface area (Å²) in [4.78, 5) is 22.7. The number of aromatic carboxylic acids is 1. The van der Waals surface area contributed by atoms with Crippen LogP contribution in [-0.2, 0) is 6.42 Å². The van der Waals surface area contributed by atoms with E-state index in [4.69, 9.17) is 11.6 Å². The van der Waals surface area contributed by atoms with Crippen LogP contribution in [-0.4, -0.2) is 34.1 Å². The van der Waals surface area contributed by atoms with Crippen molar-refractivity contribution in [3.05, 3.63) is 51.4 Å². The molecule has 3 rings (SSSR count). The molecule has 6 heteroatoms. The quantitative estimate of drug-likeness (QED) is 0.869. The van der Waals surface area contributed by atoms with Crippen LogP contribution in [0.3, 0.4) is 0 Å². The van der Waals surface area contributed by atoms with Crippen molar-refractivity contribution in [2.75, 3.05) is 18.0 Å². The summed E-state index contributed by atoms with van der Waals surface area (Å²) in [5, 5.41) is 10.2. The van der Waals surface area contributed by atoms with Crippen molar-refractivity contribution >= 4 is 23.4 Å². The molecule has 0 radical (unpaired) electrons. The van der Waals surface area contributed by atoms with Crippen molar-refractivity contribution in [3.63, 3.8) is 0 Å². The molecular weight excluding hydrogens is 350 g/mol. The Bertz CT molecular complexity index is 830. The van der Waals surface area contributed by atoms with E-state index in [2.05, 4.69) is 14.9 Å². The molecule has 0 aromatic carbocycles. The Morgan fingerprint density at radius 1 is 1.27 bits per heavy atom. The fraction of sp³-hybridized carbons (Fsp3) is 0.450. The van der Waals surface area contributed by atoms with Crippen LogP contribution in [0.2, 0.25) is 5.02 Å². The molecule has 1 fully saturated rings. The Kier molecular flexibility index (Phi) is 5.47. The smallest absolute Gasteiger partial charge is 0.337 e. The van der Waals surface area contributed by atoms with Crippen LogP contribution < -0.4 is 4.90 Å². The number of nitrogens with zero attached hydrogens (tertiary/aromatic N) is 3. The van der Waals surface area contributed by atoms with Crippen molar-refractivity contribution in [3.8, 4) is 0 Å². The number of aryl methyl sites for hydroxylation is 2. The van der Waals surface area contributed by atoms with Gasteiger partial charge in [-0.25, -0.2) is 9.78 Å². The number of carboxylic acid groups (broad SMARTS) is 1. The Morgan fingerprint density at radius 2 is 1.96 bits per heavy atom. The fourth-order valence-corrected chi connectivity index (χ4v) is 4.17. The van der Waals surface area contributed by atoms with E-state index in [1.54, 1.807) is 13.1 Å². The average Bonchev–Trinajstić information content (AvgIpc) is 2.59. The number of halogens is 1. The van der Waals surface area contributed by atoms with Crippen LogP contribution in [0, 0.1) is 26.7 Å². The standard InChI is InChI=1S/C20H24ClN3O2/c1-12-16(13(2)23-14(3)18(12)20(25)26)11-15-6-9-24(10-7-15)19-17(21)5-4-8-22-19/h4-5,8,15H,6-7,9-11H2,1-3H3,(H,25,26). The molecule has 1 aliphatic rings. The van der Waals surface area contributed by atoms with Crippen molar-refractivity contribution in [1.29, 1.82) is 0 Å². The molecule has 0 amide bonds. The maximum Gasteiger partial charge on any atom is 0.337 e. The van der Waals surface area contributed by atoms with E-state index in [0.29, 0.717) is 22.2 Å². The van der Waals surface area contributed by atoms with Gasteiger partial charge in [-0.05, 0) is 69.2 Å². The number of carbonyl (C=O) groups is 1. The Hall–Kier alpha value is -2.14. The van der Waals surface area contributed by atoms with Crippen LogP contribution in [0.15, 0.2) is 18.3 Å². The molecule has 1 saturated heterocycles. The second-order valence-electron chi connectivity index (χ2n) is 7.01. The number of hydrogen-bond acceptors (Lipinski definition) is 4. The summed E-state index contributed by atoms with van der Waals surface area (Å²) in [6.07, 6.45) is 4.70. The number of hydrogen-bond donors (Lipinski definition) is 1. The molecule has 0 unspecified atom stereocenters. The molecule has 1 aliphatic heterocycles. The number of pyridine rings is 2. The summed E-state index contributed by atoms with van der Waals surface area (Å²) < 4.78 is 0. The minimum absolute atomic E-state index is 0.350. The van der Waals surface area contributed by atoms with Gasteiger partial charge in [0.05, 0.1) is 16.3 Å². The zero-order chi connectivity index (χ0) is 18.8. The number of rotatable bonds is 4. The highest BCUT2D eigenvalue weighted by molar-refractivity contribution is 6.32. The summed E-state index contributed by atoms with van der Waals surface area (Å²) >= 11 is 6.26. The first-order chi connectivity index (χ1) is 12.4. The van der Waals surface area contributed by atoms with E-state index in [1.165, 1.54) is 0 Å². The SMILES string of the molecule is Cc1nc(C)c(C(=O)O)c(C)c1CC1CCN(c2ncccc2Cl)CC1. The molecule has 3 heterocycles. The molecule has 138 valence electrons. The van der Waals surface area contributed by atoms with E-state index in [-0.39, 0.29) is 0 Å². The minimum Gasteiger partial charge on any atom is -0.478 e. The molecule has 26 heavy (non-hydrogen) atoms. The zero-order valence-electron chi connectivity index (χ0n) is 15.4. The van der Waals surface area contributed by atoms with Crippen LogP contribution in [0.25, 0.3) is 0 Å². The van der Waals surface area contributed by atoms with Gasteiger partial charge in [0, 0.05) is 25.0 Å². The molecule has 0 saturated carbocycles. The number of piperidine rings is 1. The average molecular weight is 374 g/mol. The van der Waals surface area contributed by atoms with Crippen molar-refractivity contribution in [2.24, 2.45) is 5.92 Å². The molecular formula is C20H24ClN3O2. The second-order valence-corrected chi connectivity index (χ2v) is 7.42. The molecule has 0 bridgehead atoms. The summed E-state index contributed by atoms with van der Waals surface area (Å²) in [7, 11) is 0. The van der Waals surface area contributed by atoms with E-state index < -0.39 is 5.97 Å². The highest BCUT2D eigenvalue weighted by atomic mass is 35.5. The summed E-state index contributed by atoms with van der Waals surface area (Å²) in [5.74, 6) is 0.468. The molecule has 1 N–H and O–H groups in total. The molecule has 5 nitrogen and oxygen atoms in total. The van der Waals surface area contributed by atoms with Crippen LogP contribution >= 0.6 is 11.6 Å². The molecule has 2 aromatic rings. The molecule has 2 aromatic heterocycles. The summed E-state index contributed by atoms with van der Waals surface area (Å²) in [6.45, 7) is 7.46. The van der Waals surface area contributed by atoms with Gasteiger partial charge in [-0.3, -0.25) is 4.98 Å². The van der Waals surface area contributed by atoms with Gasteiger partial charge in [0.25, 0.3) is 0 Å². The lowest BCUT2D eigenvalue weighted by Crippen LogP contribution is -2.35. The third-order valence-corrected chi connectivity index (χ3v) is 5.62. The lowest BCUT2D eigenvalue weighted by molar-refractivity contribution is 0.0694. The van der Waals surface area contributed by atoms with Crippen molar-refractivity contribution < 1.29 is 9.90 Å². The summed E-state index contributed by atoms with van der Waals surface area (Å²) in [5.41, 5.74) is 3.83. The lowest BCUT2D eigenvalue weighted by atomic mass is 9.86.